The van der Waals surface area contributed by atoms with E-state index in [9.17, 15) is 0 Å². The average Bonchev–Trinajstić information content (AvgIpc) is 2.33. The molecule has 0 aliphatic carbocycles. The summed E-state index contributed by atoms with van der Waals surface area (Å²) in [6.07, 6.45) is 2.40. The fourth-order valence-electron chi connectivity index (χ4n) is 1.48. The molecule has 4 heteroatoms. The zero-order valence-corrected chi connectivity index (χ0v) is 9.05. The van der Waals surface area contributed by atoms with Gasteiger partial charge in [-0.3, -0.25) is 0 Å². The normalized spacial score (nSPS) is 10.1. The van der Waals surface area contributed by atoms with E-state index in [1.54, 1.807) is 13.3 Å². The number of nitrogens with two attached hydrogens (primary N) is 1. The molecule has 0 bridgehead atoms. The predicted molar refractivity (Wildman–Crippen MR) is 62.2 cm³/mol. The number of ether oxygens (including phenoxy) is 1. The first-order valence-electron chi connectivity index (χ1n) is 4.98. The molecule has 0 saturated carbocycles. The molecular weight excluding hydrogens is 202 g/mol. The molecule has 2 rings (SSSR count). The van der Waals surface area contributed by atoms with Crippen LogP contribution in [0.25, 0.3) is 0 Å². The SMILES string of the molecule is COc1ccc(Cc2ccnnc2N)cc1. The van der Waals surface area contributed by atoms with E-state index < -0.39 is 0 Å². The van der Waals surface area contributed by atoms with Crippen LogP contribution in [0.2, 0.25) is 0 Å². The van der Waals surface area contributed by atoms with E-state index in [0.29, 0.717) is 5.82 Å². The average molecular weight is 215 g/mol. The number of rotatable bonds is 3. The van der Waals surface area contributed by atoms with E-state index in [-0.39, 0.29) is 0 Å². The number of aromatic nitrogens is 2. The Kier molecular flexibility index (Phi) is 3.00. The molecule has 1 aromatic carbocycles. The highest BCUT2D eigenvalue weighted by Crippen LogP contribution is 2.16. The minimum Gasteiger partial charge on any atom is -0.497 e. The summed E-state index contributed by atoms with van der Waals surface area (Å²) >= 11 is 0. The molecular formula is C12H13N3O. The summed E-state index contributed by atoms with van der Waals surface area (Å²) in [7, 11) is 1.65. The minimum absolute atomic E-state index is 0.485. The van der Waals surface area contributed by atoms with Gasteiger partial charge in [-0.2, -0.15) is 5.10 Å². The summed E-state index contributed by atoms with van der Waals surface area (Å²) in [6, 6.07) is 9.77. The van der Waals surface area contributed by atoms with Crippen LogP contribution >= 0.6 is 0 Å². The van der Waals surface area contributed by atoms with Gasteiger partial charge in [0.2, 0.25) is 0 Å². The first-order chi connectivity index (χ1) is 7.79. The monoisotopic (exact) mass is 215 g/mol. The van der Waals surface area contributed by atoms with Gasteiger partial charge in [0.25, 0.3) is 0 Å². The molecule has 16 heavy (non-hydrogen) atoms. The van der Waals surface area contributed by atoms with E-state index in [0.717, 1.165) is 17.7 Å². The minimum atomic E-state index is 0.485. The fraction of sp³-hybridized carbons (Fsp3) is 0.167. The maximum atomic E-state index is 5.73. The van der Waals surface area contributed by atoms with Gasteiger partial charge in [0.1, 0.15) is 11.6 Å². The predicted octanol–water partition coefficient (Wildman–Crippen LogP) is 1.66. The van der Waals surface area contributed by atoms with E-state index in [1.807, 2.05) is 30.3 Å². The standard InChI is InChI=1S/C12H13N3O/c1-16-11-4-2-9(3-5-11)8-10-6-7-14-15-12(10)13/h2-7H,8H2,1H3,(H2,13,15). The molecule has 2 N–H and O–H groups in total. The van der Waals surface area contributed by atoms with E-state index in [2.05, 4.69) is 10.2 Å². The molecule has 0 saturated heterocycles. The van der Waals surface area contributed by atoms with E-state index in [4.69, 9.17) is 10.5 Å². The van der Waals surface area contributed by atoms with Gasteiger partial charge in [-0.15, -0.1) is 5.10 Å². The van der Waals surface area contributed by atoms with Crippen molar-refractivity contribution in [1.82, 2.24) is 10.2 Å². The van der Waals surface area contributed by atoms with E-state index >= 15 is 0 Å². The molecule has 82 valence electrons. The molecule has 0 aliphatic heterocycles. The van der Waals surface area contributed by atoms with Gasteiger partial charge < -0.3 is 10.5 Å². The third-order valence-corrected chi connectivity index (χ3v) is 2.39. The number of hydrogen-bond acceptors (Lipinski definition) is 4. The maximum absolute atomic E-state index is 5.73. The summed E-state index contributed by atoms with van der Waals surface area (Å²) in [5.74, 6) is 1.34. The molecule has 0 unspecified atom stereocenters. The summed E-state index contributed by atoms with van der Waals surface area (Å²) in [5.41, 5.74) is 7.88. The number of anilines is 1. The molecule has 0 radical (unpaired) electrons. The van der Waals surface area contributed by atoms with Crippen molar-refractivity contribution >= 4 is 5.82 Å². The lowest BCUT2D eigenvalue weighted by molar-refractivity contribution is 0.414. The lowest BCUT2D eigenvalue weighted by Gasteiger charge is -2.05. The Morgan fingerprint density at radius 2 is 1.94 bits per heavy atom. The van der Waals surface area contributed by atoms with Crippen LogP contribution in [0.5, 0.6) is 5.75 Å². The molecule has 0 spiro atoms. The number of nitrogens with zero attached hydrogens (tertiary/aromatic N) is 2. The third-order valence-electron chi connectivity index (χ3n) is 2.39. The first kappa shape index (κ1) is 10.4. The van der Waals surface area contributed by atoms with Crippen LogP contribution in [0, 0.1) is 0 Å². The summed E-state index contributed by atoms with van der Waals surface area (Å²) in [6.45, 7) is 0. The first-order valence-corrected chi connectivity index (χ1v) is 4.98. The lowest BCUT2D eigenvalue weighted by Crippen LogP contribution is -1.99. The van der Waals surface area contributed by atoms with Crippen LogP contribution in [0.15, 0.2) is 36.5 Å². The smallest absolute Gasteiger partial charge is 0.149 e. The largest absolute Gasteiger partial charge is 0.497 e. The van der Waals surface area contributed by atoms with Crippen LogP contribution in [-0.4, -0.2) is 17.3 Å². The molecule has 0 amide bonds. The fourth-order valence-corrected chi connectivity index (χ4v) is 1.48. The van der Waals surface area contributed by atoms with Gasteiger partial charge in [-0.1, -0.05) is 12.1 Å². The van der Waals surface area contributed by atoms with Crippen LogP contribution in [0.4, 0.5) is 5.82 Å². The van der Waals surface area contributed by atoms with Crippen molar-refractivity contribution in [1.29, 1.82) is 0 Å². The zero-order valence-electron chi connectivity index (χ0n) is 9.05. The van der Waals surface area contributed by atoms with Crippen LogP contribution < -0.4 is 10.5 Å². The van der Waals surface area contributed by atoms with Gasteiger partial charge in [0.15, 0.2) is 0 Å². The maximum Gasteiger partial charge on any atom is 0.149 e. The Morgan fingerprint density at radius 3 is 2.56 bits per heavy atom. The molecule has 2 aromatic rings. The van der Waals surface area contributed by atoms with Crippen molar-refractivity contribution in [2.75, 3.05) is 12.8 Å². The second-order valence-corrected chi connectivity index (χ2v) is 3.47. The van der Waals surface area contributed by atoms with Gasteiger partial charge in [-0.25, -0.2) is 0 Å². The number of benzene rings is 1. The Bertz CT molecular complexity index is 468. The summed E-state index contributed by atoms with van der Waals surface area (Å²) < 4.78 is 5.10. The number of methoxy groups -OCH3 is 1. The topological polar surface area (TPSA) is 61.0 Å². The quantitative estimate of drug-likeness (QED) is 0.845. The van der Waals surface area contributed by atoms with Crippen molar-refractivity contribution in [2.24, 2.45) is 0 Å². The highest BCUT2D eigenvalue weighted by atomic mass is 16.5. The molecule has 1 heterocycles. The highest BCUT2D eigenvalue weighted by molar-refractivity contribution is 5.41. The number of nitrogen functional groups attached to an aromatic ring is 1. The Balaban J connectivity index is 2.18. The Morgan fingerprint density at radius 1 is 1.19 bits per heavy atom. The summed E-state index contributed by atoms with van der Waals surface area (Å²) in [4.78, 5) is 0. The Labute approximate surface area is 94.1 Å². The van der Waals surface area contributed by atoms with Crippen LogP contribution in [0.3, 0.4) is 0 Å². The number of hydrogen-bond donors (Lipinski definition) is 1. The van der Waals surface area contributed by atoms with Gasteiger partial charge in [-0.05, 0) is 23.8 Å². The molecule has 0 fully saturated rings. The Hall–Kier alpha value is -2.10. The van der Waals surface area contributed by atoms with Crippen molar-refractivity contribution in [2.45, 2.75) is 6.42 Å². The second-order valence-electron chi connectivity index (χ2n) is 3.47. The molecule has 4 nitrogen and oxygen atoms in total. The van der Waals surface area contributed by atoms with Gasteiger partial charge >= 0.3 is 0 Å². The van der Waals surface area contributed by atoms with Crippen molar-refractivity contribution in [3.05, 3.63) is 47.7 Å². The summed E-state index contributed by atoms with van der Waals surface area (Å²) in [5, 5.41) is 7.53. The lowest BCUT2D eigenvalue weighted by atomic mass is 10.1. The van der Waals surface area contributed by atoms with Crippen molar-refractivity contribution in [3.63, 3.8) is 0 Å². The van der Waals surface area contributed by atoms with Crippen molar-refractivity contribution < 1.29 is 4.74 Å². The van der Waals surface area contributed by atoms with Gasteiger partial charge in [0.05, 0.1) is 13.3 Å². The zero-order chi connectivity index (χ0) is 11.4. The molecule has 1 aromatic heterocycles. The molecule has 0 aliphatic rings. The van der Waals surface area contributed by atoms with Gasteiger partial charge in [0, 0.05) is 12.0 Å². The van der Waals surface area contributed by atoms with Crippen LogP contribution in [0.1, 0.15) is 11.1 Å². The molecule has 0 atom stereocenters. The second kappa shape index (κ2) is 4.61. The van der Waals surface area contributed by atoms with Crippen molar-refractivity contribution in [3.8, 4) is 5.75 Å². The third kappa shape index (κ3) is 2.28. The van der Waals surface area contributed by atoms with Crippen LogP contribution in [-0.2, 0) is 6.42 Å². The van der Waals surface area contributed by atoms with E-state index in [1.165, 1.54) is 5.56 Å². The highest BCUT2D eigenvalue weighted by Gasteiger charge is 2.01.